The maximum atomic E-state index is 10.0. The minimum Gasteiger partial charge on any atom is -0.396 e. The van der Waals surface area contributed by atoms with E-state index >= 15 is 0 Å². The van der Waals surface area contributed by atoms with Crippen molar-refractivity contribution in [2.45, 2.75) is 26.1 Å². The van der Waals surface area contributed by atoms with E-state index in [4.69, 9.17) is 5.73 Å². The first kappa shape index (κ1) is 14.0. The molecule has 3 N–H and O–H groups in total. The number of hydrogen-bond donors (Lipinski definition) is 2. The van der Waals surface area contributed by atoms with Crippen molar-refractivity contribution in [3.05, 3.63) is 28.5 Å². The van der Waals surface area contributed by atoms with Crippen molar-refractivity contribution in [3.63, 3.8) is 0 Å². The highest BCUT2D eigenvalue weighted by Crippen LogP contribution is 2.10. The normalized spacial score (nSPS) is 13.1. The maximum absolute atomic E-state index is 10.0. The summed E-state index contributed by atoms with van der Waals surface area (Å²) in [5.41, 5.74) is 7.23. The van der Waals surface area contributed by atoms with Gasteiger partial charge < -0.3 is 10.8 Å². The van der Waals surface area contributed by atoms with E-state index in [2.05, 4.69) is 10.1 Å². The third kappa shape index (κ3) is 4.30. The van der Waals surface area contributed by atoms with Crippen molar-refractivity contribution >= 4 is 17.0 Å². The molecule has 2 heterocycles. The molecule has 0 aliphatic carbocycles. The number of aliphatic hydroxyl groups excluding tert-OH is 1. The van der Waals surface area contributed by atoms with E-state index in [9.17, 15) is 5.11 Å². The predicted octanol–water partition coefficient (Wildman–Crippen LogP) is 0.723. The van der Waals surface area contributed by atoms with Gasteiger partial charge in [-0.2, -0.15) is 5.10 Å². The second-order valence-electron chi connectivity index (χ2n) is 4.70. The van der Waals surface area contributed by atoms with E-state index in [1.54, 1.807) is 28.4 Å². The number of aliphatic hydroxyl groups is 1. The maximum Gasteiger partial charge on any atom is 0.0897 e. The lowest BCUT2D eigenvalue weighted by Crippen LogP contribution is -2.32. The molecule has 1 unspecified atom stereocenters. The summed E-state index contributed by atoms with van der Waals surface area (Å²) in [5.74, 6) is 0. The number of nitrogens with zero attached hydrogens (tertiary/aromatic N) is 4. The summed E-state index contributed by atoms with van der Waals surface area (Å²) in [4.78, 5) is 6.45. The third-order valence-corrected chi connectivity index (χ3v) is 3.49. The van der Waals surface area contributed by atoms with Crippen LogP contribution in [0.4, 0.5) is 5.69 Å². The fraction of sp³-hybridized carbons (Fsp3) is 0.500. The summed E-state index contributed by atoms with van der Waals surface area (Å²) in [6.45, 7) is 3.74. The zero-order valence-corrected chi connectivity index (χ0v) is 12.0. The molecule has 0 aliphatic rings. The van der Waals surface area contributed by atoms with Crippen molar-refractivity contribution in [2.75, 3.05) is 19.3 Å². The second kappa shape index (κ2) is 6.14. The number of anilines is 1. The monoisotopic (exact) mass is 281 g/mol. The second-order valence-corrected chi connectivity index (χ2v) is 5.77. The van der Waals surface area contributed by atoms with Crippen LogP contribution in [0.3, 0.4) is 0 Å². The van der Waals surface area contributed by atoms with Crippen LogP contribution in [-0.2, 0) is 13.1 Å². The topological polar surface area (TPSA) is 80.2 Å². The molecule has 2 aromatic rings. The summed E-state index contributed by atoms with van der Waals surface area (Å²) < 4.78 is 1.65. The Bertz CT molecular complexity index is 477. The van der Waals surface area contributed by atoms with Crippen LogP contribution in [-0.4, -0.2) is 44.5 Å². The molecule has 0 spiro atoms. The van der Waals surface area contributed by atoms with Crippen LogP contribution < -0.4 is 5.73 Å². The van der Waals surface area contributed by atoms with Crippen LogP contribution in [0.1, 0.15) is 10.7 Å². The first-order valence-electron chi connectivity index (χ1n) is 6.08. The molecule has 1 atom stereocenters. The Morgan fingerprint density at radius 1 is 1.58 bits per heavy atom. The molecule has 0 aliphatic heterocycles. The number of thiazole rings is 1. The molecular formula is C12H19N5OS. The molecule has 0 saturated heterocycles. The molecule has 104 valence electrons. The van der Waals surface area contributed by atoms with E-state index in [0.29, 0.717) is 18.8 Å². The van der Waals surface area contributed by atoms with E-state index in [1.807, 2.05) is 24.3 Å². The number of nitrogens with two attached hydrogens (primary N) is 1. The van der Waals surface area contributed by atoms with E-state index < -0.39 is 6.10 Å². The first-order valence-corrected chi connectivity index (χ1v) is 6.96. The molecule has 7 heteroatoms. The minimum absolute atomic E-state index is 0.442. The lowest BCUT2D eigenvalue weighted by molar-refractivity contribution is 0.103. The van der Waals surface area contributed by atoms with Crippen molar-refractivity contribution in [2.24, 2.45) is 0 Å². The Labute approximate surface area is 116 Å². The fourth-order valence-electron chi connectivity index (χ4n) is 1.93. The smallest absolute Gasteiger partial charge is 0.0897 e. The fourth-order valence-corrected chi connectivity index (χ4v) is 2.54. The highest BCUT2D eigenvalue weighted by Gasteiger charge is 2.11. The number of likely N-dealkylation sites (N-methyl/N-ethyl adjacent to an activating group) is 1. The van der Waals surface area contributed by atoms with Gasteiger partial charge in [0.15, 0.2) is 0 Å². The van der Waals surface area contributed by atoms with E-state index in [0.717, 1.165) is 17.2 Å². The Hall–Kier alpha value is -1.44. The SMILES string of the molecule is Cc1nc(CN(C)CC(O)Cn2cc(N)cn2)cs1. The highest BCUT2D eigenvalue weighted by molar-refractivity contribution is 7.09. The number of aryl methyl sites for hydroxylation is 1. The van der Waals surface area contributed by atoms with Gasteiger partial charge in [0.1, 0.15) is 0 Å². The summed E-state index contributed by atoms with van der Waals surface area (Å²) in [6.07, 6.45) is 2.81. The average molecular weight is 281 g/mol. The molecule has 2 rings (SSSR count). The zero-order valence-electron chi connectivity index (χ0n) is 11.2. The van der Waals surface area contributed by atoms with Gasteiger partial charge in [0.25, 0.3) is 0 Å². The number of nitrogen functional groups attached to an aromatic ring is 1. The van der Waals surface area contributed by atoms with Gasteiger partial charge in [0.05, 0.1) is 35.2 Å². The van der Waals surface area contributed by atoms with Crippen molar-refractivity contribution < 1.29 is 5.11 Å². The van der Waals surface area contributed by atoms with Crippen molar-refractivity contribution in [3.8, 4) is 0 Å². The molecule has 2 aromatic heterocycles. The predicted molar refractivity (Wildman–Crippen MR) is 75.8 cm³/mol. The number of rotatable bonds is 6. The van der Waals surface area contributed by atoms with Gasteiger partial charge in [-0.25, -0.2) is 4.98 Å². The van der Waals surface area contributed by atoms with E-state index in [1.165, 1.54) is 0 Å². The Morgan fingerprint density at radius 3 is 2.95 bits per heavy atom. The van der Waals surface area contributed by atoms with Gasteiger partial charge in [0, 0.05) is 24.7 Å². The molecule has 6 nitrogen and oxygen atoms in total. The Balaban J connectivity index is 1.79. The van der Waals surface area contributed by atoms with Crippen LogP contribution in [0.5, 0.6) is 0 Å². The molecule has 0 saturated carbocycles. The summed E-state index contributed by atoms with van der Waals surface area (Å²) in [6, 6.07) is 0. The summed E-state index contributed by atoms with van der Waals surface area (Å²) in [5, 5.41) is 17.2. The van der Waals surface area contributed by atoms with Crippen LogP contribution in [0.15, 0.2) is 17.8 Å². The zero-order chi connectivity index (χ0) is 13.8. The van der Waals surface area contributed by atoms with Gasteiger partial charge in [0.2, 0.25) is 0 Å². The standard InChI is InChI=1S/C12H19N5OS/c1-9-15-11(8-19-9)5-16(2)6-12(18)7-17-4-10(13)3-14-17/h3-4,8,12,18H,5-7,13H2,1-2H3. The van der Waals surface area contributed by atoms with Crippen LogP contribution in [0, 0.1) is 6.92 Å². The third-order valence-electron chi connectivity index (χ3n) is 2.67. The van der Waals surface area contributed by atoms with Gasteiger partial charge in [-0.3, -0.25) is 9.58 Å². The van der Waals surface area contributed by atoms with Gasteiger partial charge in [-0.05, 0) is 14.0 Å². The van der Waals surface area contributed by atoms with E-state index in [-0.39, 0.29) is 0 Å². The van der Waals surface area contributed by atoms with Crippen molar-refractivity contribution in [1.82, 2.24) is 19.7 Å². The minimum atomic E-state index is -0.482. The van der Waals surface area contributed by atoms with Crippen LogP contribution in [0.25, 0.3) is 0 Å². The van der Waals surface area contributed by atoms with Crippen LogP contribution >= 0.6 is 11.3 Å². The van der Waals surface area contributed by atoms with Gasteiger partial charge in [-0.15, -0.1) is 11.3 Å². The summed E-state index contributed by atoms with van der Waals surface area (Å²) >= 11 is 1.64. The lowest BCUT2D eigenvalue weighted by Gasteiger charge is -2.19. The Kier molecular flexibility index (Phi) is 4.52. The van der Waals surface area contributed by atoms with Crippen LogP contribution in [0.2, 0.25) is 0 Å². The molecule has 0 radical (unpaired) electrons. The summed E-state index contributed by atoms with van der Waals surface area (Å²) in [7, 11) is 1.97. The highest BCUT2D eigenvalue weighted by atomic mass is 32.1. The Morgan fingerprint density at radius 2 is 2.37 bits per heavy atom. The quantitative estimate of drug-likeness (QED) is 0.815. The lowest BCUT2D eigenvalue weighted by atomic mass is 10.3. The number of aromatic nitrogens is 3. The molecule has 0 amide bonds. The van der Waals surface area contributed by atoms with Gasteiger partial charge >= 0.3 is 0 Å². The molecule has 0 fully saturated rings. The largest absolute Gasteiger partial charge is 0.396 e. The molecule has 0 bridgehead atoms. The number of hydrogen-bond acceptors (Lipinski definition) is 6. The molecule has 19 heavy (non-hydrogen) atoms. The average Bonchev–Trinajstić information content (AvgIpc) is 2.87. The first-order chi connectivity index (χ1) is 9.02. The van der Waals surface area contributed by atoms with Gasteiger partial charge in [-0.1, -0.05) is 0 Å². The molecular weight excluding hydrogens is 262 g/mol. The molecule has 0 aromatic carbocycles. The van der Waals surface area contributed by atoms with Crippen molar-refractivity contribution in [1.29, 1.82) is 0 Å².